The molecule has 24 heavy (non-hydrogen) atoms. The highest BCUT2D eigenvalue weighted by Gasteiger charge is 2.30. The zero-order chi connectivity index (χ0) is 16.8. The molecule has 6 nitrogen and oxygen atoms in total. The van der Waals surface area contributed by atoms with Gasteiger partial charge in [0.25, 0.3) is 0 Å². The van der Waals surface area contributed by atoms with Crippen molar-refractivity contribution < 1.29 is 4.79 Å². The number of aromatic nitrogens is 3. The Kier molecular flexibility index (Phi) is 5.98. The van der Waals surface area contributed by atoms with Crippen LogP contribution >= 0.6 is 11.3 Å². The van der Waals surface area contributed by atoms with Crippen molar-refractivity contribution in [3.63, 3.8) is 0 Å². The molecule has 130 valence electrons. The number of carbonyl (C=O) groups excluding carboxylic acids is 1. The lowest BCUT2D eigenvalue weighted by Gasteiger charge is -2.39. The second-order valence-electron chi connectivity index (χ2n) is 6.30. The first-order valence-corrected chi connectivity index (χ1v) is 9.50. The summed E-state index contributed by atoms with van der Waals surface area (Å²) < 4.78 is 1.87. The maximum atomic E-state index is 12.5. The number of hydrogen-bond donors (Lipinski definition) is 1. The van der Waals surface area contributed by atoms with Gasteiger partial charge in [-0.3, -0.25) is 14.4 Å². The molecule has 3 rings (SSSR count). The second-order valence-corrected chi connectivity index (χ2v) is 7.33. The molecule has 0 spiro atoms. The fourth-order valence-corrected chi connectivity index (χ4v) is 4.04. The van der Waals surface area contributed by atoms with Crippen molar-refractivity contribution in [2.75, 3.05) is 13.1 Å². The van der Waals surface area contributed by atoms with Crippen molar-refractivity contribution in [2.24, 2.45) is 0 Å². The molecule has 0 saturated carbocycles. The van der Waals surface area contributed by atoms with Gasteiger partial charge in [-0.15, -0.1) is 11.3 Å². The molecular formula is C17H25N5OS. The Bertz CT molecular complexity index is 613. The van der Waals surface area contributed by atoms with E-state index in [1.165, 1.54) is 11.3 Å². The molecule has 0 aliphatic carbocycles. The van der Waals surface area contributed by atoms with Crippen molar-refractivity contribution in [1.29, 1.82) is 0 Å². The Morgan fingerprint density at radius 2 is 2.42 bits per heavy atom. The minimum absolute atomic E-state index is 0.109. The lowest BCUT2D eigenvalue weighted by Crippen LogP contribution is -2.53. The van der Waals surface area contributed by atoms with Gasteiger partial charge in [0.2, 0.25) is 5.91 Å². The van der Waals surface area contributed by atoms with Gasteiger partial charge in [0.1, 0.15) is 12.7 Å². The van der Waals surface area contributed by atoms with Crippen LogP contribution in [0.1, 0.15) is 31.1 Å². The first-order valence-electron chi connectivity index (χ1n) is 8.62. The van der Waals surface area contributed by atoms with Crippen molar-refractivity contribution >= 4 is 17.2 Å². The van der Waals surface area contributed by atoms with E-state index in [4.69, 9.17) is 0 Å². The molecule has 2 aromatic heterocycles. The number of hydrogen-bond acceptors (Lipinski definition) is 5. The van der Waals surface area contributed by atoms with Crippen LogP contribution in [0.15, 0.2) is 30.2 Å². The number of carbonyl (C=O) groups is 1. The quantitative estimate of drug-likeness (QED) is 0.831. The van der Waals surface area contributed by atoms with Crippen LogP contribution in [0.25, 0.3) is 0 Å². The van der Waals surface area contributed by atoms with E-state index in [0.717, 1.165) is 32.4 Å². The van der Waals surface area contributed by atoms with Crippen LogP contribution in [0.3, 0.4) is 0 Å². The van der Waals surface area contributed by atoms with E-state index in [1.54, 1.807) is 24.0 Å². The zero-order valence-electron chi connectivity index (χ0n) is 14.1. The average Bonchev–Trinajstić information content (AvgIpc) is 3.28. The molecule has 1 aliphatic rings. The predicted octanol–water partition coefficient (Wildman–Crippen LogP) is 1.94. The van der Waals surface area contributed by atoms with Gasteiger partial charge in [-0.05, 0) is 44.2 Å². The normalized spacial score (nSPS) is 20.0. The summed E-state index contributed by atoms with van der Waals surface area (Å²) in [5, 5.41) is 9.37. The van der Waals surface area contributed by atoms with Crippen molar-refractivity contribution in [1.82, 2.24) is 25.0 Å². The molecule has 0 bridgehead atoms. The molecule has 1 saturated heterocycles. The molecule has 0 unspecified atom stereocenters. The second kappa shape index (κ2) is 8.39. The van der Waals surface area contributed by atoms with E-state index in [0.29, 0.717) is 12.6 Å². The number of thiophene rings is 1. The summed E-state index contributed by atoms with van der Waals surface area (Å²) in [6, 6.07) is 4.40. The van der Waals surface area contributed by atoms with Gasteiger partial charge in [-0.25, -0.2) is 4.98 Å². The molecule has 2 aromatic rings. The molecule has 0 radical (unpaired) electrons. The van der Waals surface area contributed by atoms with E-state index in [2.05, 4.69) is 31.7 Å². The molecular weight excluding hydrogens is 322 g/mol. The molecule has 1 aliphatic heterocycles. The molecule has 1 fully saturated rings. The number of likely N-dealkylation sites (tertiary alicyclic amines) is 1. The van der Waals surface area contributed by atoms with Crippen LogP contribution in [0.5, 0.6) is 0 Å². The smallest absolute Gasteiger partial charge is 0.237 e. The lowest BCUT2D eigenvalue weighted by atomic mass is 9.99. The Morgan fingerprint density at radius 3 is 3.17 bits per heavy atom. The van der Waals surface area contributed by atoms with E-state index in [-0.39, 0.29) is 11.9 Å². The van der Waals surface area contributed by atoms with Crippen molar-refractivity contribution in [3.8, 4) is 0 Å². The van der Waals surface area contributed by atoms with Gasteiger partial charge in [-0.2, -0.15) is 5.10 Å². The largest absolute Gasteiger partial charge is 0.354 e. The van der Waals surface area contributed by atoms with Crippen LogP contribution in [0.2, 0.25) is 0 Å². The van der Waals surface area contributed by atoms with E-state index in [1.807, 2.05) is 17.7 Å². The van der Waals surface area contributed by atoms with Crippen molar-refractivity contribution in [2.45, 2.75) is 51.2 Å². The topological polar surface area (TPSA) is 63.1 Å². The predicted molar refractivity (Wildman–Crippen MR) is 94.9 cm³/mol. The summed E-state index contributed by atoms with van der Waals surface area (Å²) in [6.07, 6.45) is 7.68. The SMILES string of the molecule is C[C@H](C(=O)NCCc1cccs1)N1CCCC[C@H]1Cn1cncn1. The maximum absolute atomic E-state index is 12.5. The van der Waals surface area contributed by atoms with Crippen LogP contribution in [-0.2, 0) is 17.8 Å². The Labute approximate surface area is 146 Å². The van der Waals surface area contributed by atoms with Crippen LogP contribution in [0, 0.1) is 0 Å². The van der Waals surface area contributed by atoms with Gasteiger partial charge in [-0.1, -0.05) is 12.5 Å². The Morgan fingerprint density at radius 1 is 1.50 bits per heavy atom. The fraction of sp³-hybridized carbons (Fsp3) is 0.588. The van der Waals surface area contributed by atoms with Gasteiger partial charge >= 0.3 is 0 Å². The van der Waals surface area contributed by atoms with E-state index < -0.39 is 0 Å². The minimum Gasteiger partial charge on any atom is -0.354 e. The summed E-state index contributed by atoms with van der Waals surface area (Å²) in [5.41, 5.74) is 0. The fourth-order valence-electron chi connectivity index (χ4n) is 3.33. The summed E-state index contributed by atoms with van der Waals surface area (Å²) in [4.78, 5) is 20.2. The lowest BCUT2D eigenvalue weighted by molar-refractivity contribution is -0.127. The van der Waals surface area contributed by atoms with Gasteiger partial charge in [0.15, 0.2) is 0 Å². The van der Waals surface area contributed by atoms with E-state index >= 15 is 0 Å². The number of nitrogens with zero attached hydrogens (tertiary/aromatic N) is 4. The standard InChI is InChI=1S/C17H25N5OS/c1-14(17(23)19-8-7-16-6-4-10-24-16)22-9-3-2-5-15(22)11-21-13-18-12-20-21/h4,6,10,12-15H,2-3,5,7-9,11H2,1H3,(H,19,23)/t14-,15+/m1/s1. The van der Waals surface area contributed by atoms with Crippen LogP contribution < -0.4 is 5.32 Å². The summed E-state index contributed by atoms with van der Waals surface area (Å²) >= 11 is 1.74. The monoisotopic (exact) mass is 347 g/mol. The molecule has 0 aromatic carbocycles. The third-order valence-electron chi connectivity index (χ3n) is 4.66. The number of rotatable bonds is 7. The Balaban J connectivity index is 1.52. The summed E-state index contributed by atoms with van der Waals surface area (Å²) in [7, 11) is 0. The van der Waals surface area contributed by atoms with Crippen LogP contribution in [-0.4, -0.2) is 50.7 Å². The first-order chi connectivity index (χ1) is 11.7. The number of amides is 1. The highest BCUT2D eigenvalue weighted by atomic mass is 32.1. The molecule has 2 atom stereocenters. The third-order valence-corrected chi connectivity index (χ3v) is 5.60. The zero-order valence-corrected chi connectivity index (χ0v) is 14.9. The van der Waals surface area contributed by atoms with Gasteiger partial charge in [0.05, 0.1) is 12.6 Å². The average molecular weight is 347 g/mol. The highest BCUT2D eigenvalue weighted by molar-refractivity contribution is 7.09. The molecule has 1 N–H and O–H groups in total. The number of piperidine rings is 1. The molecule has 3 heterocycles. The third kappa shape index (κ3) is 4.42. The van der Waals surface area contributed by atoms with E-state index in [9.17, 15) is 4.79 Å². The molecule has 1 amide bonds. The summed E-state index contributed by atoms with van der Waals surface area (Å²) in [6.45, 7) is 4.48. The number of nitrogens with one attached hydrogen (secondary N) is 1. The first kappa shape index (κ1) is 17.1. The summed E-state index contributed by atoms with van der Waals surface area (Å²) in [5.74, 6) is 0.122. The van der Waals surface area contributed by atoms with Gasteiger partial charge < -0.3 is 5.32 Å². The van der Waals surface area contributed by atoms with Gasteiger partial charge in [0, 0.05) is 17.5 Å². The maximum Gasteiger partial charge on any atom is 0.237 e. The molecule has 7 heteroatoms. The Hall–Kier alpha value is -1.73. The van der Waals surface area contributed by atoms with Crippen LogP contribution in [0.4, 0.5) is 0 Å². The highest BCUT2D eigenvalue weighted by Crippen LogP contribution is 2.21. The minimum atomic E-state index is -0.109. The van der Waals surface area contributed by atoms with Crippen molar-refractivity contribution in [3.05, 3.63) is 35.0 Å².